The van der Waals surface area contributed by atoms with Crippen molar-refractivity contribution in [1.82, 2.24) is 15.1 Å². The van der Waals surface area contributed by atoms with Gasteiger partial charge in [-0.1, -0.05) is 24.3 Å². The van der Waals surface area contributed by atoms with E-state index < -0.39 is 0 Å². The lowest BCUT2D eigenvalue weighted by Crippen LogP contribution is -2.22. The average molecular weight is 321 g/mol. The number of para-hydroxylation sites is 1. The molecule has 0 fully saturated rings. The predicted octanol–water partition coefficient (Wildman–Crippen LogP) is 3.63. The van der Waals surface area contributed by atoms with Gasteiger partial charge in [0, 0.05) is 30.4 Å². The molecular weight excluding hydrogens is 302 g/mol. The van der Waals surface area contributed by atoms with Crippen molar-refractivity contribution < 1.29 is 9.53 Å². The Balaban J connectivity index is 1.63. The highest BCUT2D eigenvalue weighted by molar-refractivity contribution is 5.94. The fourth-order valence-corrected chi connectivity index (χ4v) is 2.28. The van der Waals surface area contributed by atoms with Gasteiger partial charge in [-0.3, -0.25) is 9.48 Å². The Morgan fingerprint density at radius 2 is 1.92 bits per heavy atom. The van der Waals surface area contributed by atoms with Crippen molar-refractivity contribution in [2.75, 3.05) is 0 Å². The van der Waals surface area contributed by atoms with Crippen LogP contribution in [0.4, 0.5) is 0 Å². The fourth-order valence-electron chi connectivity index (χ4n) is 2.28. The summed E-state index contributed by atoms with van der Waals surface area (Å²) in [6.07, 6.45) is 3.69. The van der Waals surface area contributed by atoms with Gasteiger partial charge in [-0.2, -0.15) is 5.10 Å². The molecular formula is C19H19N3O2. The first-order valence-electron chi connectivity index (χ1n) is 7.87. The Morgan fingerprint density at radius 1 is 1.12 bits per heavy atom. The van der Waals surface area contributed by atoms with E-state index in [0.29, 0.717) is 17.9 Å². The maximum Gasteiger partial charge on any atom is 0.251 e. The maximum absolute atomic E-state index is 12.3. The second-order valence-corrected chi connectivity index (χ2v) is 5.33. The molecule has 0 aliphatic carbocycles. The molecule has 1 N–H and O–H groups in total. The Kier molecular flexibility index (Phi) is 4.91. The number of aromatic nitrogens is 2. The van der Waals surface area contributed by atoms with Gasteiger partial charge in [0.1, 0.15) is 11.5 Å². The zero-order valence-electron chi connectivity index (χ0n) is 13.5. The van der Waals surface area contributed by atoms with Crippen LogP contribution in [0.3, 0.4) is 0 Å². The third kappa shape index (κ3) is 4.01. The molecule has 5 nitrogen and oxygen atoms in total. The van der Waals surface area contributed by atoms with E-state index in [9.17, 15) is 4.79 Å². The minimum Gasteiger partial charge on any atom is -0.457 e. The van der Waals surface area contributed by atoms with Crippen LogP contribution in [0.25, 0.3) is 0 Å². The second-order valence-electron chi connectivity index (χ2n) is 5.33. The largest absolute Gasteiger partial charge is 0.457 e. The summed E-state index contributed by atoms with van der Waals surface area (Å²) in [5.74, 6) is 1.23. The highest BCUT2D eigenvalue weighted by atomic mass is 16.5. The van der Waals surface area contributed by atoms with Crippen molar-refractivity contribution in [1.29, 1.82) is 0 Å². The smallest absolute Gasteiger partial charge is 0.251 e. The molecule has 0 saturated carbocycles. The molecule has 0 bridgehead atoms. The molecule has 1 amide bonds. The number of aryl methyl sites for hydroxylation is 1. The molecule has 0 atom stereocenters. The lowest BCUT2D eigenvalue weighted by molar-refractivity contribution is 0.0950. The summed E-state index contributed by atoms with van der Waals surface area (Å²) < 4.78 is 7.59. The van der Waals surface area contributed by atoms with Gasteiger partial charge in [0.2, 0.25) is 0 Å². The van der Waals surface area contributed by atoms with E-state index in [4.69, 9.17) is 4.74 Å². The molecule has 2 aromatic carbocycles. The summed E-state index contributed by atoms with van der Waals surface area (Å²) in [6.45, 7) is 3.28. The molecule has 24 heavy (non-hydrogen) atoms. The molecule has 5 heteroatoms. The molecule has 1 aromatic heterocycles. The number of hydrogen-bond acceptors (Lipinski definition) is 3. The number of rotatable bonds is 6. The fraction of sp³-hybridized carbons (Fsp3) is 0.158. The molecule has 0 spiro atoms. The van der Waals surface area contributed by atoms with E-state index in [1.54, 1.807) is 18.3 Å². The normalized spacial score (nSPS) is 10.4. The van der Waals surface area contributed by atoms with Crippen molar-refractivity contribution in [2.24, 2.45) is 0 Å². The summed E-state index contributed by atoms with van der Waals surface area (Å²) in [5.41, 5.74) is 1.54. The standard InChI is InChI=1S/C19H19N3O2/c1-2-22-14-15(13-21-22)12-20-19(23)16-7-6-10-18(11-16)24-17-8-4-3-5-9-17/h3-11,13-14H,2,12H2,1H3,(H,20,23). The monoisotopic (exact) mass is 321 g/mol. The van der Waals surface area contributed by atoms with E-state index in [1.165, 1.54) is 0 Å². The van der Waals surface area contributed by atoms with Crippen LogP contribution in [0.2, 0.25) is 0 Å². The van der Waals surface area contributed by atoms with Gasteiger partial charge in [0.25, 0.3) is 5.91 Å². The SMILES string of the molecule is CCn1cc(CNC(=O)c2cccc(Oc3ccccc3)c2)cn1. The number of ether oxygens (including phenoxy) is 1. The van der Waals surface area contributed by atoms with Crippen LogP contribution in [0.5, 0.6) is 11.5 Å². The summed E-state index contributed by atoms with van der Waals surface area (Å²) in [6, 6.07) is 16.6. The number of carbonyl (C=O) groups is 1. The summed E-state index contributed by atoms with van der Waals surface area (Å²) >= 11 is 0. The second kappa shape index (κ2) is 7.46. The minimum atomic E-state index is -0.141. The molecule has 0 aliphatic rings. The third-order valence-corrected chi connectivity index (χ3v) is 3.54. The number of amides is 1. The first-order chi connectivity index (χ1) is 11.7. The number of benzene rings is 2. The van der Waals surface area contributed by atoms with Crippen molar-refractivity contribution >= 4 is 5.91 Å². The molecule has 0 aliphatic heterocycles. The van der Waals surface area contributed by atoms with E-state index in [-0.39, 0.29) is 5.91 Å². The van der Waals surface area contributed by atoms with Crippen LogP contribution in [-0.4, -0.2) is 15.7 Å². The van der Waals surface area contributed by atoms with Gasteiger partial charge in [-0.25, -0.2) is 0 Å². The van der Waals surface area contributed by atoms with Gasteiger partial charge in [0.05, 0.1) is 6.20 Å². The van der Waals surface area contributed by atoms with Crippen LogP contribution >= 0.6 is 0 Å². The van der Waals surface area contributed by atoms with Crippen LogP contribution in [0.15, 0.2) is 67.0 Å². The number of nitrogens with zero attached hydrogens (tertiary/aromatic N) is 2. The van der Waals surface area contributed by atoms with Crippen molar-refractivity contribution in [3.8, 4) is 11.5 Å². The summed E-state index contributed by atoms with van der Waals surface area (Å²) in [7, 11) is 0. The Bertz CT molecular complexity index is 812. The quantitative estimate of drug-likeness (QED) is 0.754. The average Bonchev–Trinajstić information content (AvgIpc) is 3.09. The van der Waals surface area contributed by atoms with Gasteiger partial charge < -0.3 is 10.1 Å². The van der Waals surface area contributed by atoms with E-state index >= 15 is 0 Å². The Labute approximate surface area is 140 Å². The zero-order chi connectivity index (χ0) is 16.8. The van der Waals surface area contributed by atoms with Gasteiger partial charge in [-0.15, -0.1) is 0 Å². The van der Waals surface area contributed by atoms with Gasteiger partial charge >= 0.3 is 0 Å². The molecule has 3 aromatic rings. The highest BCUT2D eigenvalue weighted by Gasteiger charge is 2.08. The lowest BCUT2D eigenvalue weighted by Gasteiger charge is -2.08. The molecule has 0 radical (unpaired) electrons. The van der Waals surface area contributed by atoms with Gasteiger partial charge in [-0.05, 0) is 37.3 Å². The van der Waals surface area contributed by atoms with Gasteiger partial charge in [0.15, 0.2) is 0 Å². The topological polar surface area (TPSA) is 56.2 Å². The molecule has 122 valence electrons. The van der Waals surface area contributed by atoms with Crippen LogP contribution in [0, 0.1) is 0 Å². The number of carbonyl (C=O) groups excluding carboxylic acids is 1. The Hall–Kier alpha value is -3.08. The Morgan fingerprint density at radius 3 is 2.67 bits per heavy atom. The molecule has 3 rings (SSSR count). The maximum atomic E-state index is 12.3. The summed E-state index contributed by atoms with van der Waals surface area (Å²) in [4.78, 5) is 12.3. The third-order valence-electron chi connectivity index (χ3n) is 3.54. The molecule has 1 heterocycles. The van der Waals surface area contributed by atoms with Crippen LogP contribution in [-0.2, 0) is 13.1 Å². The lowest BCUT2D eigenvalue weighted by atomic mass is 10.2. The van der Waals surface area contributed by atoms with Crippen LogP contribution < -0.4 is 10.1 Å². The van der Waals surface area contributed by atoms with E-state index in [0.717, 1.165) is 17.9 Å². The van der Waals surface area contributed by atoms with E-state index in [1.807, 2.05) is 60.3 Å². The van der Waals surface area contributed by atoms with Crippen molar-refractivity contribution in [2.45, 2.75) is 20.0 Å². The number of nitrogens with one attached hydrogen (secondary N) is 1. The van der Waals surface area contributed by atoms with E-state index in [2.05, 4.69) is 10.4 Å². The summed E-state index contributed by atoms with van der Waals surface area (Å²) in [5, 5.41) is 7.09. The van der Waals surface area contributed by atoms with Crippen molar-refractivity contribution in [3.05, 3.63) is 78.1 Å². The van der Waals surface area contributed by atoms with Crippen molar-refractivity contribution in [3.63, 3.8) is 0 Å². The molecule has 0 saturated heterocycles. The zero-order valence-corrected chi connectivity index (χ0v) is 13.5. The minimum absolute atomic E-state index is 0.141. The highest BCUT2D eigenvalue weighted by Crippen LogP contribution is 2.21. The molecule has 0 unspecified atom stereocenters. The van der Waals surface area contributed by atoms with Crippen LogP contribution in [0.1, 0.15) is 22.8 Å². The number of hydrogen-bond donors (Lipinski definition) is 1. The first-order valence-corrected chi connectivity index (χ1v) is 7.87. The first kappa shape index (κ1) is 15.8. The predicted molar refractivity (Wildman–Crippen MR) is 92.0 cm³/mol.